The van der Waals surface area contributed by atoms with Crippen molar-refractivity contribution in [1.82, 2.24) is 0 Å². The molecule has 4 rings (SSSR count). The van der Waals surface area contributed by atoms with Gasteiger partial charge in [-0.3, -0.25) is 14.4 Å². The molecule has 1 unspecified atom stereocenters. The van der Waals surface area contributed by atoms with E-state index in [4.69, 9.17) is 4.74 Å². The molecule has 0 spiro atoms. The van der Waals surface area contributed by atoms with E-state index in [0.29, 0.717) is 47.8 Å². The van der Waals surface area contributed by atoms with Crippen LogP contribution in [0.2, 0.25) is 0 Å². The fourth-order valence-corrected chi connectivity index (χ4v) is 7.19. The van der Waals surface area contributed by atoms with Crippen LogP contribution >= 0.6 is 11.8 Å². The minimum Gasteiger partial charge on any atom is -0.427 e. The van der Waals surface area contributed by atoms with Crippen molar-refractivity contribution in [3.63, 3.8) is 0 Å². The summed E-state index contributed by atoms with van der Waals surface area (Å²) in [4.78, 5) is 37.2. The van der Waals surface area contributed by atoms with Crippen LogP contribution in [0.25, 0.3) is 0 Å². The summed E-state index contributed by atoms with van der Waals surface area (Å²) in [6.45, 7) is 0. The molecule has 3 atom stereocenters. The van der Waals surface area contributed by atoms with E-state index in [-0.39, 0.29) is 29.0 Å². The summed E-state index contributed by atoms with van der Waals surface area (Å²) < 4.78 is 5.45. The number of esters is 1. The number of nitrogens with one attached hydrogen (secondary N) is 1. The Morgan fingerprint density at radius 1 is 0.886 bits per heavy atom. The van der Waals surface area contributed by atoms with Crippen LogP contribution in [0.5, 0.6) is 5.75 Å². The van der Waals surface area contributed by atoms with E-state index in [1.54, 1.807) is 60.3 Å². The molecule has 7 nitrogen and oxygen atoms in total. The van der Waals surface area contributed by atoms with Crippen molar-refractivity contribution >= 4 is 35.1 Å². The smallest absolute Gasteiger partial charge is 0.311 e. The van der Waals surface area contributed by atoms with Crippen molar-refractivity contribution in [2.45, 2.75) is 75.7 Å². The van der Waals surface area contributed by atoms with Crippen molar-refractivity contribution in [2.24, 2.45) is 11.8 Å². The van der Waals surface area contributed by atoms with Gasteiger partial charge in [0.1, 0.15) is 11.5 Å². The monoisotopic (exact) mass is 617 g/mol. The highest BCUT2D eigenvalue weighted by molar-refractivity contribution is 7.99. The number of aliphatic hydroxyl groups is 2. The molecule has 8 heteroatoms. The zero-order valence-electron chi connectivity index (χ0n) is 25.1. The molecule has 3 N–H and O–H groups in total. The second-order valence-corrected chi connectivity index (χ2v) is 12.7. The van der Waals surface area contributed by atoms with E-state index in [2.05, 4.69) is 17.4 Å². The normalized spacial score (nSPS) is 17.0. The Morgan fingerprint density at radius 3 is 2.27 bits per heavy atom. The number of Topliss-reactive ketones (excluding diaryl/α,β-unsaturated/α-hetero) is 1. The average molecular weight is 618 g/mol. The summed E-state index contributed by atoms with van der Waals surface area (Å²) >= 11 is 1.72. The fourth-order valence-electron chi connectivity index (χ4n) is 5.56. The number of hydrogen-bond donors (Lipinski definition) is 3. The predicted molar refractivity (Wildman–Crippen MR) is 175 cm³/mol. The topological polar surface area (TPSA) is 113 Å². The van der Waals surface area contributed by atoms with Gasteiger partial charge in [0.05, 0.1) is 0 Å². The lowest BCUT2D eigenvalue weighted by molar-refractivity contribution is -0.134. The van der Waals surface area contributed by atoms with Crippen LogP contribution in [-0.2, 0) is 16.0 Å². The highest BCUT2D eigenvalue weighted by Crippen LogP contribution is 2.37. The fraction of sp³-hybridized carbons (Fsp3) is 0.417. The first-order valence-corrected chi connectivity index (χ1v) is 16.7. The minimum absolute atomic E-state index is 0.0241. The summed E-state index contributed by atoms with van der Waals surface area (Å²) in [7, 11) is 0. The van der Waals surface area contributed by atoms with Gasteiger partial charge in [0.25, 0.3) is 5.91 Å². The maximum absolute atomic E-state index is 12.6. The van der Waals surface area contributed by atoms with Crippen molar-refractivity contribution < 1.29 is 29.3 Å². The van der Waals surface area contributed by atoms with Crippen LogP contribution in [0, 0.1) is 11.8 Å². The molecule has 0 saturated heterocycles. The Bertz CT molecular complexity index is 1320. The van der Waals surface area contributed by atoms with Crippen LogP contribution in [0.15, 0.2) is 84.9 Å². The number of aryl methyl sites for hydroxylation is 1. The second kappa shape index (κ2) is 17.7. The molecule has 0 bridgehead atoms. The number of rotatable bonds is 17. The Hall–Kier alpha value is -3.46. The van der Waals surface area contributed by atoms with Gasteiger partial charge in [0, 0.05) is 46.9 Å². The SMILES string of the molecule is O=C(CCCCCC[C@H]1C(=O)CC[C@@H]1SCC(CCc1ccccc1)C(O)O)Oc1ccc(NC(=O)c2ccccc2)cc1. The molecule has 1 fully saturated rings. The Balaban J connectivity index is 1.10. The number of hydrogen-bond acceptors (Lipinski definition) is 7. The number of thioether (sulfide) groups is 1. The Morgan fingerprint density at radius 2 is 1.57 bits per heavy atom. The largest absolute Gasteiger partial charge is 0.427 e. The van der Waals surface area contributed by atoms with Gasteiger partial charge < -0.3 is 20.3 Å². The van der Waals surface area contributed by atoms with E-state index < -0.39 is 6.29 Å². The molecule has 0 radical (unpaired) electrons. The quantitative estimate of drug-likeness (QED) is 0.0659. The molecule has 1 aliphatic rings. The minimum atomic E-state index is -1.36. The Labute approximate surface area is 264 Å². The van der Waals surface area contributed by atoms with Crippen LogP contribution in [-0.4, -0.2) is 45.2 Å². The lowest BCUT2D eigenvalue weighted by atomic mass is 9.98. The van der Waals surface area contributed by atoms with Crippen LogP contribution in [0.3, 0.4) is 0 Å². The Kier molecular flexibility index (Phi) is 13.5. The molecular formula is C36H43NO6S. The van der Waals surface area contributed by atoms with Gasteiger partial charge in [-0.05, 0) is 74.1 Å². The van der Waals surface area contributed by atoms with Gasteiger partial charge in [0.15, 0.2) is 6.29 Å². The van der Waals surface area contributed by atoms with Crippen LogP contribution < -0.4 is 10.1 Å². The standard InChI is InChI=1S/C36H43NO6S/c38-32-23-24-33(44-25-28(36(41)42)18-17-26-11-5-3-6-12-26)31(32)15-9-1-2-10-16-34(39)43-30-21-19-29(20-22-30)37-35(40)27-13-7-4-8-14-27/h3-8,11-14,19-22,28,31,33,36,41-42H,1-2,9-10,15-18,23-25H2,(H,37,40)/t28?,31-,33-/m0/s1. The highest BCUT2D eigenvalue weighted by atomic mass is 32.2. The van der Waals surface area contributed by atoms with Crippen LogP contribution in [0.4, 0.5) is 5.69 Å². The van der Waals surface area contributed by atoms with Gasteiger partial charge in [-0.1, -0.05) is 67.8 Å². The lowest BCUT2D eigenvalue weighted by Gasteiger charge is -2.23. The van der Waals surface area contributed by atoms with Gasteiger partial charge in [-0.25, -0.2) is 0 Å². The molecule has 0 aromatic heterocycles. The molecule has 1 aliphatic carbocycles. The number of carbonyl (C=O) groups excluding carboxylic acids is 3. The van der Waals surface area contributed by atoms with E-state index in [1.807, 2.05) is 24.3 Å². The number of ketones is 1. The van der Waals surface area contributed by atoms with Crippen molar-refractivity contribution in [1.29, 1.82) is 0 Å². The summed E-state index contributed by atoms with van der Waals surface area (Å²) in [5.74, 6) is 0.694. The maximum Gasteiger partial charge on any atom is 0.311 e. The third-order valence-electron chi connectivity index (χ3n) is 8.16. The highest BCUT2D eigenvalue weighted by Gasteiger charge is 2.35. The molecule has 1 saturated carbocycles. The van der Waals surface area contributed by atoms with Gasteiger partial charge >= 0.3 is 5.97 Å². The van der Waals surface area contributed by atoms with Crippen molar-refractivity contribution in [3.8, 4) is 5.75 Å². The third-order valence-corrected chi connectivity index (χ3v) is 9.77. The molecule has 44 heavy (non-hydrogen) atoms. The molecule has 0 aliphatic heterocycles. The van der Waals surface area contributed by atoms with E-state index in [9.17, 15) is 24.6 Å². The first kappa shape index (κ1) is 33.4. The van der Waals surface area contributed by atoms with Gasteiger partial charge in [0.2, 0.25) is 0 Å². The average Bonchev–Trinajstić information content (AvgIpc) is 3.39. The van der Waals surface area contributed by atoms with Gasteiger partial charge in [-0.15, -0.1) is 0 Å². The molecule has 1 amide bonds. The summed E-state index contributed by atoms with van der Waals surface area (Å²) in [5, 5.41) is 22.9. The molecule has 3 aromatic carbocycles. The number of anilines is 1. The van der Waals surface area contributed by atoms with E-state index in [0.717, 1.165) is 44.9 Å². The predicted octanol–water partition coefficient (Wildman–Crippen LogP) is 6.83. The van der Waals surface area contributed by atoms with E-state index in [1.165, 1.54) is 5.56 Å². The number of benzene rings is 3. The lowest BCUT2D eigenvalue weighted by Crippen LogP contribution is -2.25. The number of ether oxygens (including phenoxy) is 1. The molecular weight excluding hydrogens is 574 g/mol. The summed E-state index contributed by atoms with van der Waals surface area (Å²) in [6, 6.07) is 25.8. The number of unbranched alkanes of at least 4 members (excludes halogenated alkanes) is 3. The zero-order chi connectivity index (χ0) is 31.1. The number of aliphatic hydroxyl groups excluding tert-OH is 1. The maximum atomic E-state index is 12.6. The van der Waals surface area contributed by atoms with E-state index >= 15 is 0 Å². The second-order valence-electron chi connectivity index (χ2n) is 11.5. The zero-order valence-corrected chi connectivity index (χ0v) is 25.9. The first-order chi connectivity index (χ1) is 21.4. The van der Waals surface area contributed by atoms with Crippen molar-refractivity contribution in [2.75, 3.05) is 11.1 Å². The third kappa shape index (κ3) is 10.9. The molecule has 234 valence electrons. The first-order valence-electron chi connectivity index (χ1n) is 15.6. The summed E-state index contributed by atoms with van der Waals surface area (Å²) in [6.07, 6.45) is 6.23. The van der Waals surface area contributed by atoms with Gasteiger partial charge in [-0.2, -0.15) is 11.8 Å². The molecule has 3 aromatic rings. The number of amides is 1. The summed E-state index contributed by atoms with van der Waals surface area (Å²) in [5.41, 5.74) is 2.37. The van der Waals surface area contributed by atoms with Crippen LogP contribution in [0.1, 0.15) is 73.7 Å². The van der Waals surface area contributed by atoms with Crippen molar-refractivity contribution in [3.05, 3.63) is 96.1 Å². The molecule has 0 heterocycles. The number of carbonyl (C=O) groups is 3.